The van der Waals surface area contributed by atoms with Gasteiger partial charge in [0.05, 0.1) is 0 Å². The predicted molar refractivity (Wildman–Crippen MR) is 139 cm³/mol. The third kappa shape index (κ3) is 5.09. The molecule has 5 rings (SSSR count). The summed E-state index contributed by atoms with van der Waals surface area (Å²) in [5.41, 5.74) is 4.75. The minimum Gasteiger partial charge on any atom is -0.378 e. The molecule has 2 fully saturated rings. The molecule has 2 saturated heterocycles. The van der Waals surface area contributed by atoms with Crippen molar-refractivity contribution in [2.24, 2.45) is 5.92 Å². The van der Waals surface area contributed by atoms with Crippen molar-refractivity contribution >= 4 is 5.91 Å². The fourth-order valence-electron chi connectivity index (χ4n) is 5.46. The number of carbonyl (C=O) groups is 1. The van der Waals surface area contributed by atoms with Crippen molar-refractivity contribution in [3.63, 3.8) is 0 Å². The smallest absolute Gasteiger partial charge is 0.253 e. The molecule has 3 aromatic carbocycles. The Bertz CT molecular complexity index is 1100. The molecule has 0 radical (unpaired) electrons. The maximum absolute atomic E-state index is 13.2. The van der Waals surface area contributed by atoms with Crippen LogP contribution in [-0.4, -0.2) is 41.9 Å². The number of amides is 1. The van der Waals surface area contributed by atoms with Crippen molar-refractivity contribution in [1.82, 2.24) is 9.80 Å². The van der Waals surface area contributed by atoms with Crippen LogP contribution in [0.25, 0.3) is 0 Å². The molecule has 3 heteroatoms. The van der Waals surface area contributed by atoms with Crippen LogP contribution in [-0.2, 0) is 0 Å². The highest BCUT2D eigenvalue weighted by Crippen LogP contribution is 2.35. The van der Waals surface area contributed by atoms with E-state index in [4.69, 9.17) is 0 Å². The number of benzene rings is 3. The van der Waals surface area contributed by atoms with Crippen molar-refractivity contribution in [2.75, 3.05) is 26.2 Å². The summed E-state index contributed by atoms with van der Waals surface area (Å²) in [6.45, 7) is 5.76. The lowest BCUT2D eigenvalue weighted by molar-refractivity contribution is 0.0788. The van der Waals surface area contributed by atoms with Gasteiger partial charge in [-0.2, -0.15) is 0 Å². The molecule has 0 saturated carbocycles. The molecule has 2 heterocycles. The molecule has 1 unspecified atom stereocenters. The van der Waals surface area contributed by atoms with E-state index in [1.807, 2.05) is 29.2 Å². The van der Waals surface area contributed by atoms with Crippen LogP contribution in [0, 0.1) is 12.8 Å². The van der Waals surface area contributed by atoms with Crippen LogP contribution in [0.15, 0.2) is 97.2 Å². The Kier molecular flexibility index (Phi) is 6.80. The van der Waals surface area contributed by atoms with Crippen molar-refractivity contribution in [2.45, 2.75) is 31.6 Å². The largest absolute Gasteiger partial charge is 0.378 e. The zero-order valence-electron chi connectivity index (χ0n) is 20.0. The third-order valence-corrected chi connectivity index (χ3v) is 7.52. The monoisotopic (exact) mass is 450 g/mol. The number of carbonyl (C=O) groups excluding carboxylic acids is 1. The molecule has 34 heavy (non-hydrogen) atoms. The third-order valence-electron chi connectivity index (χ3n) is 7.52. The Hall–Kier alpha value is -3.33. The summed E-state index contributed by atoms with van der Waals surface area (Å²) in [6.07, 6.45) is 7.06. The summed E-state index contributed by atoms with van der Waals surface area (Å²) in [6, 6.07) is 29.6. The molecule has 0 spiro atoms. The second-order valence-corrected chi connectivity index (χ2v) is 9.82. The number of nitrogens with zero attached hydrogens (tertiary/aromatic N) is 2. The number of likely N-dealkylation sites (tertiary alicyclic amines) is 2. The van der Waals surface area contributed by atoms with Gasteiger partial charge < -0.3 is 9.80 Å². The highest BCUT2D eigenvalue weighted by Gasteiger charge is 2.35. The second-order valence-electron chi connectivity index (χ2n) is 9.82. The molecule has 0 N–H and O–H groups in total. The summed E-state index contributed by atoms with van der Waals surface area (Å²) in [7, 11) is 0. The molecule has 1 amide bonds. The number of rotatable bonds is 5. The molecule has 2 aliphatic heterocycles. The maximum Gasteiger partial charge on any atom is 0.253 e. The molecule has 174 valence electrons. The van der Waals surface area contributed by atoms with E-state index in [-0.39, 0.29) is 5.91 Å². The van der Waals surface area contributed by atoms with E-state index in [2.05, 4.69) is 84.8 Å². The van der Waals surface area contributed by atoms with Crippen LogP contribution in [0.3, 0.4) is 0 Å². The molecular weight excluding hydrogens is 416 g/mol. The van der Waals surface area contributed by atoms with Gasteiger partial charge in [-0.3, -0.25) is 4.79 Å². The van der Waals surface area contributed by atoms with Crippen LogP contribution in [0.5, 0.6) is 0 Å². The first kappa shape index (κ1) is 22.5. The first-order chi connectivity index (χ1) is 16.7. The highest BCUT2D eigenvalue weighted by atomic mass is 16.2. The van der Waals surface area contributed by atoms with E-state index >= 15 is 0 Å². The Morgan fingerprint density at radius 2 is 1.41 bits per heavy atom. The molecule has 0 aliphatic carbocycles. The first-order valence-corrected chi connectivity index (χ1v) is 12.6. The molecule has 0 aromatic heterocycles. The number of aryl methyl sites for hydroxylation is 1. The minimum atomic E-state index is 0.139. The maximum atomic E-state index is 13.2. The van der Waals surface area contributed by atoms with Crippen molar-refractivity contribution in [3.05, 3.63) is 119 Å². The zero-order valence-corrected chi connectivity index (χ0v) is 20.0. The Morgan fingerprint density at radius 1 is 0.794 bits per heavy atom. The number of hydrogen-bond donors (Lipinski definition) is 0. The van der Waals surface area contributed by atoms with Crippen molar-refractivity contribution in [3.8, 4) is 0 Å². The van der Waals surface area contributed by atoms with Crippen LogP contribution in [0.2, 0.25) is 0 Å². The van der Waals surface area contributed by atoms with Crippen LogP contribution >= 0.6 is 0 Å². The summed E-state index contributed by atoms with van der Waals surface area (Å²) in [5, 5.41) is 0. The number of piperidine rings is 1. The fraction of sp³-hybridized carbons (Fsp3) is 0.323. The van der Waals surface area contributed by atoms with Gasteiger partial charge >= 0.3 is 0 Å². The Balaban J connectivity index is 1.27. The fourth-order valence-corrected chi connectivity index (χ4v) is 5.46. The lowest BCUT2D eigenvalue weighted by atomic mass is 9.88. The summed E-state index contributed by atoms with van der Waals surface area (Å²) < 4.78 is 0. The normalized spacial score (nSPS) is 21.3. The topological polar surface area (TPSA) is 23.6 Å². The predicted octanol–water partition coefficient (Wildman–Crippen LogP) is 6.24. The van der Waals surface area contributed by atoms with Gasteiger partial charge in [0.25, 0.3) is 5.91 Å². The van der Waals surface area contributed by atoms with E-state index < -0.39 is 0 Å². The van der Waals surface area contributed by atoms with E-state index in [9.17, 15) is 4.79 Å². The van der Waals surface area contributed by atoms with E-state index in [0.29, 0.717) is 17.8 Å². The molecule has 3 aromatic rings. The van der Waals surface area contributed by atoms with Crippen LogP contribution in [0.1, 0.15) is 51.7 Å². The molecule has 3 nitrogen and oxygen atoms in total. The second kappa shape index (κ2) is 10.3. The lowest BCUT2D eigenvalue weighted by Gasteiger charge is -2.31. The standard InChI is InChI=1S/C31H34N2O/c1-24-12-14-28(15-13-24)31(34)33-22-29(30(23-33)27-10-6-3-7-11-27)18-21-32-19-16-26(17-20-32)25-8-4-2-5-9-25/h2-15,18,21,26,29-30H,16-17,19-20,22-23H2,1H3/t29?,30-/m0/s1. The van der Waals surface area contributed by atoms with Gasteiger partial charge in [-0.1, -0.05) is 84.4 Å². The van der Waals surface area contributed by atoms with Gasteiger partial charge in [-0.05, 0) is 55.1 Å². The SMILES string of the molecule is Cc1ccc(C(=O)N2CC(C=CN3CCC(c4ccccc4)CC3)[C@H](c3ccccc3)C2)cc1. The van der Waals surface area contributed by atoms with E-state index in [1.165, 1.54) is 29.5 Å². The zero-order chi connectivity index (χ0) is 23.3. The lowest BCUT2D eigenvalue weighted by Crippen LogP contribution is -2.29. The van der Waals surface area contributed by atoms with Gasteiger partial charge in [0.15, 0.2) is 0 Å². The van der Waals surface area contributed by atoms with Gasteiger partial charge in [-0.15, -0.1) is 0 Å². The minimum absolute atomic E-state index is 0.139. The molecule has 0 bridgehead atoms. The van der Waals surface area contributed by atoms with Crippen LogP contribution in [0.4, 0.5) is 0 Å². The van der Waals surface area contributed by atoms with Crippen molar-refractivity contribution in [1.29, 1.82) is 0 Å². The highest BCUT2D eigenvalue weighted by molar-refractivity contribution is 5.94. The summed E-state index contributed by atoms with van der Waals surface area (Å²) >= 11 is 0. The Morgan fingerprint density at radius 3 is 2.06 bits per heavy atom. The number of hydrogen-bond acceptors (Lipinski definition) is 2. The van der Waals surface area contributed by atoms with Crippen LogP contribution < -0.4 is 0 Å². The van der Waals surface area contributed by atoms with Gasteiger partial charge in [0.2, 0.25) is 0 Å². The molecular formula is C31H34N2O. The summed E-state index contributed by atoms with van der Waals surface area (Å²) in [5.74, 6) is 1.45. The molecule has 2 aliphatic rings. The van der Waals surface area contributed by atoms with E-state index in [0.717, 1.165) is 31.7 Å². The quantitative estimate of drug-likeness (QED) is 0.459. The summed E-state index contributed by atoms with van der Waals surface area (Å²) in [4.78, 5) is 17.8. The average Bonchev–Trinajstić information content (AvgIpc) is 3.33. The van der Waals surface area contributed by atoms with Gasteiger partial charge in [-0.25, -0.2) is 0 Å². The van der Waals surface area contributed by atoms with Crippen molar-refractivity contribution < 1.29 is 4.79 Å². The van der Waals surface area contributed by atoms with Gasteiger partial charge in [0, 0.05) is 43.6 Å². The average molecular weight is 451 g/mol. The van der Waals surface area contributed by atoms with Gasteiger partial charge in [0.1, 0.15) is 0 Å². The first-order valence-electron chi connectivity index (χ1n) is 12.6. The van der Waals surface area contributed by atoms with E-state index in [1.54, 1.807) is 0 Å². The Labute approximate surface area is 203 Å². The molecule has 2 atom stereocenters.